The Kier molecular flexibility index (Phi) is 7.53. The summed E-state index contributed by atoms with van der Waals surface area (Å²) in [6.07, 6.45) is 1.85. The Balaban J connectivity index is 1.44. The molecule has 0 aliphatic heterocycles. The van der Waals surface area contributed by atoms with E-state index in [1.807, 2.05) is 31.2 Å². The van der Waals surface area contributed by atoms with Gasteiger partial charge in [-0.05, 0) is 75.1 Å². The first-order valence-corrected chi connectivity index (χ1v) is 12.0. The van der Waals surface area contributed by atoms with Crippen LogP contribution in [0.25, 0.3) is 11.0 Å². The molecule has 34 heavy (non-hydrogen) atoms. The van der Waals surface area contributed by atoms with E-state index in [1.165, 1.54) is 5.56 Å². The van der Waals surface area contributed by atoms with Gasteiger partial charge < -0.3 is 14.6 Å². The van der Waals surface area contributed by atoms with Crippen molar-refractivity contribution in [3.05, 3.63) is 94.3 Å². The molecule has 176 valence electrons. The summed E-state index contributed by atoms with van der Waals surface area (Å²) >= 11 is 6.21. The maximum atomic E-state index is 12.8. The molecule has 5 nitrogen and oxygen atoms in total. The monoisotopic (exact) mass is 475 g/mol. The van der Waals surface area contributed by atoms with Crippen LogP contribution in [0.3, 0.4) is 0 Å². The number of hydrogen-bond donors (Lipinski definition) is 1. The van der Waals surface area contributed by atoms with Crippen molar-refractivity contribution >= 4 is 28.5 Å². The van der Waals surface area contributed by atoms with Crippen LogP contribution < -0.4 is 10.1 Å². The number of benzene rings is 3. The summed E-state index contributed by atoms with van der Waals surface area (Å²) in [4.78, 5) is 17.6. The minimum atomic E-state index is -0.276. The number of rotatable bonds is 9. The highest BCUT2D eigenvalue weighted by Gasteiger charge is 2.20. The minimum absolute atomic E-state index is 0.210. The summed E-state index contributed by atoms with van der Waals surface area (Å²) in [6, 6.07) is 21.1. The van der Waals surface area contributed by atoms with Crippen molar-refractivity contribution in [2.75, 3.05) is 6.61 Å². The lowest BCUT2D eigenvalue weighted by atomic mass is 10.1. The van der Waals surface area contributed by atoms with Crippen LogP contribution in [-0.2, 0) is 6.54 Å². The number of para-hydroxylation sites is 2. The molecule has 3 aromatic carbocycles. The van der Waals surface area contributed by atoms with Gasteiger partial charge in [-0.15, -0.1) is 0 Å². The van der Waals surface area contributed by atoms with E-state index in [0.29, 0.717) is 17.2 Å². The van der Waals surface area contributed by atoms with Gasteiger partial charge in [0.05, 0.1) is 34.3 Å². The Bertz CT molecular complexity index is 1300. The van der Waals surface area contributed by atoms with Crippen molar-refractivity contribution in [2.45, 2.75) is 46.2 Å². The Morgan fingerprint density at radius 2 is 1.82 bits per heavy atom. The molecule has 1 N–H and O–H groups in total. The van der Waals surface area contributed by atoms with Gasteiger partial charge in [-0.2, -0.15) is 0 Å². The first-order valence-electron chi connectivity index (χ1n) is 11.6. The molecule has 0 saturated carbocycles. The zero-order valence-electron chi connectivity index (χ0n) is 19.8. The van der Waals surface area contributed by atoms with Crippen LogP contribution in [0.4, 0.5) is 0 Å². The Morgan fingerprint density at radius 1 is 1.06 bits per heavy atom. The quantitative estimate of drug-likeness (QED) is 0.275. The molecule has 1 unspecified atom stereocenters. The Hall–Kier alpha value is -3.31. The molecule has 1 atom stereocenters. The zero-order chi connectivity index (χ0) is 24.1. The van der Waals surface area contributed by atoms with Gasteiger partial charge in [0, 0.05) is 6.54 Å². The second kappa shape index (κ2) is 10.7. The molecule has 1 amide bonds. The normalized spacial score (nSPS) is 12.0. The average Bonchev–Trinajstić information content (AvgIpc) is 3.20. The number of halogens is 1. The lowest BCUT2D eigenvalue weighted by molar-refractivity contribution is 0.0938. The van der Waals surface area contributed by atoms with Crippen molar-refractivity contribution in [1.29, 1.82) is 0 Å². The summed E-state index contributed by atoms with van der Waals surface area (Å²) in [7, 11) is 0. The molecule has 4 aromatic rings. The maximum Gasteiger partial charge on any atom is 0.253 e. The number of nitrogens with one attached hydrogen (secondary N) is 1. The molecule has 0 fully saturated rings. The van der Waals surface area contributed by atoms with Crippen LogP contribution in [0.5, 0.6) is 5.75 Å². The number of fused-ring (bicyclic) bond motifs is 1. The van der Waals surface area contributed by atoms with Gasteiger partial charge in [-0.3, -0.25) is 4.79 Å². The van der Waals surface area contributed by atoms with E-state index in [1.54, 1.807) is 18.2 Å². The molecule has 1 heterocycles. The number of nitrogens with zero attached hydrogens (tertiary/aromatic N) is 2. The number of hydrogen-bond acceptors (Lipinski definition) is 3. The van der Waals surface area contributed by atoms with Crippen molar-refractivity contribution < 1.29 is 9.53 Å². The number of amides is 1. The third-order valence-electron chi connectivity index (χ3n) is 5.91. The van der Waals surface area contributed by atoms with Crippen LogP contribution in [0, 0.1) is 13.8 Å². The first kappa shape index (κ1) is 23.8. The predicted molar refractivity (Wildman–Crippen MR) is 138 cm³/mol. The van der Waals surface area contributed by atoms with Crippen molar-refractivity contribution in [3.63, 3.8) is 0 Å². The molecule has 4 rings (SSSR count). The number of aryl methyl sites for hydroxylation is 3. The molecule has 0 radical (unpaired) electrons. The molecule has 6 heteroatoms. The van der Waals surface area contributed by atoms with Gasteiger partial charge in [0.25, 0.3) is 5.91 Å². The Morgan fingerprint density at radius 3 is 2.65 bits per heavy atom. The fourth-order valence-corrected chi connectivity index (χ4v) is 4.28. The third kappa shape index (κ3) is 5.42. The molecule has 0 bridgehead atoms. The van der Waals surface area contributed by atoms with Crippen LogP contribution in [-0.4, -0.2) is 22.1 Å². The number of aromatic nitrogens is 2. The molecule has 0 saturated heterocycles. The standard InChI is InChI=1S/C28H30ClN3O2/c1-19-14-15-20(2)26(18-19)34-17-9-8-16-32-25-13-7-6-12-24(25)31-27(32)21(3)30-28(33)22-10-4-5-11-23(22)29/h4-7,10-15,18,21H,8-9,16-17H2,1-3H3,(H,30,33). The Labute approximate surface area is 205 Å². The van der Waals surface area contributed by atoms with Crippen molar-refractivity contribution in [1.82, 2.24) is 14.9 Å². The molecule has 0 aliphatic carbocycles. The van der Waals surface area contributed by atoms with Gasteiger partial charge in [0.1, 0.15) is 11.6 Å². The topological polar surface area (TPSA) is 56.1 Å². The first-order chi connectivity index (χ1) is 16.4. The number of ether oxygens (including phenoxy) is 1. The zero-order valence-corrected chi connectivity index (χ0v) is 20.6. The van der Waals surface area contributed by atoms with Crippen LogP contribution in [0.2, 0.25) is 5.02 Å². The van der Waals surface area contributed by atoms with E-state index in [4.69, 9.17) is 21.3 Å². The van der Waals surface area contributed by atoms with Crippen LogP contribution in [0.15, 0.2) is 66.7 Å². The van der Waals surface area contributed by atoms with E-state index < -0.39 is 0 Å². The fourth-order valence-electron chi connectivity index (χ4n) is 4.06. The number of unbranched alkanes of at least 4 members (excludes halogenated alkanes) is 1. The minimum Gasteiger partial charge on any atom is -0.493 e. The molecule has 0 spiro atoms. The number of carbonyl (C=O) groups is 1. The number of carbonyl (C=O) groups excluding carboxylic acids is 1. The summed E-state index contributed by atoms with van der Waals surface area (Å²) < 4.78 is 8.22. The van der Waals surface area contributed by atoms with Crippen molar-refractivity contribution in [2.24, 2.45) is 0 Å². The predicted octanol–water partition coefficient (Wildman–Crippen LogP) is 6.66. The van der Waals surface area contributed by atoms with E-state index >= 15 is 0 Å². The van der Waals surface area contributed by atoms with Gasteiger partial charge in [0.15, 0.2) is 0 Å². The van der Waals surface area contributed by atoms with Gasteiger partial charge in [0.2, 0.25) is 0 Å². The summed E-state index contributed by atoms with van der Waals surface area (Å²) in [5.74, 6) is 1.57. The summed E-state index contributed by atoms with van der Waals surface area (Å²) in [6.45, 7) is 7.54. The highest BCUT2D eigenvalue weighted by Crippen LogP contribution is 2.23. The second-order valence-corrected chi connectivity index (χ2v) is 9.02. The van der Waals surface area contributed by atoms with Gasteiger partial charge >= 0.3 is 0 Å². The largest absolute Gasteiger partial charge is 0.493 e. The molecular weight excluding hydrogens is 446 g/mol. The highest BCUT2D eigenvalue weighted by atomic mass is 35.5. The van der Waals surface area contributed by atoms with E-state index in [2.05, 4.69) is 48.0 Å². The lowest BCUT2D eigenvalue weighted by Gasteiger charge is -2.17. The van der Waals surface area contributed by atoms with E-state index in [0.717, 1.165) is 47.6 Å². The molecule has 1 aromatic heterocycles. The average molecular weight is 476 g/mol. The van der Waals surface area contributed by atoms with Crippen LogP contribution >= 0.6 is 11.6 Å². The highest BCUT2D eigenvalue weighted by molar-refractivity contribution is 6.33. The van der Waals surface area contributed by atoms with E-state index in [-0.39, 0.29) is 11.9 Å². The van der Waals surface area contributed by atoms with Crippen molar-refractivity contribution in [3.8, 4) is 5.75 Å². The summed E-state index contributed by atoms with van der Waals surface area (Å²) in [5.41, 5.74) is 4.79. The summed E-state index contributed by atoms with van der Waals surface area (Å²) in [5, 5.41) is 3.49. The van der Waals surface area contributed by atoms with Gasteiger partial charge in [-0.1, -0.05) is 48.0 Å². The third-order valence-corrected chi connectivity index (χ3v) is 6.24. The maximum absolute atomic E-state index is 12.8. The molecule has 0 aliphatic rings. The fraction of sp³-hybridized carbons (Fsp3) is 0.286. The SMILES string of the molecule is Cc1ccc(C)c(OCCCCn2c(C(C)NC(=O)c3ccccc3Cl)nc3ccccc32)c1. The second-order valence-electron chi connectivity index (χ2n) is 8.61. The lowest BCUT2D eigenvalue weighted by Crippen LogP contribution is -2.29. The van der Waals surface area contributed by atoms with Crippen LogP contribution in [0.1, 0.15) is 53.1 Å². The molecular formula is C28H30ClN3O2. The van der Waals surface area contributed by atoms with E-state index in [9.17, 15) is 4.79 Å². The smallest absolute Gasteiger partial charge is 0.253 e. The van der Waals surface area contributed by atoms with Gasteiger partial charge in [-0.25, -0.2) is 4.98 Å². The number of imidazole rings is 1.